The molecule has 1 aliphatic heterocycles. The molecule has 0 saturated heterocycles. The number of ether oxygens (including phenoxy) is 1. The Bertz CT molecular complexity index is 1100. The van der Waals surface area contributed by atoms with Crippen LogP contribution in [0.5, 0.6) is 0 Å². The minimum absolute atomic E-state index is 0.253. The molecule has 1 atom stereocenters. The highest BCUT2D eigenvalue weighted by Gasteiger charge is 2.29. The van der Waals surface area contributed by atoms with Gasteiger partial charge in [0.1, 0.15) is 5.82 Å². The van der Waals surface area contributed by atoms with Gasteiger partial charge in [-0.3, -0.25) is 0 Å². The Morgan fingerprint density at radius 2 is 1.91 bits per heavy atom. The number of methoxy groups -OCH3 is 1. The fourth-order valence-electron chi connectivity index (χ4n) is 5.66. The zero-order valence-electron chi connectivity index (χ0n) is 19.2. The molecular formula is C27H33N3O2. The Kier molecular flexibility index (Phi) is 5.90. The fourth-order valence-corrected chi connectivity index (χ4v) is 5.66. The van der Waals surface area contributed by atoms with Crippen LogP contribution in [-0.2, 0) is 24.1 Å². The lowest BCUT2D eigenvalue weighted by Gasteiger charge is -2.28. The van der Waals surface area contributed by atoms with Crippen molar-refractivity contribution in [3.05, 3.63) is 65.0 Å². The molecule has 5 nitrogen and oxygen atoms in total. The van der Waals surface area contributed by atoms with Crippen LogP contribution in [0.3, 0.4) is 0 Å². The van der Waals surface area contributed by atoms with E-state index in [4.69, 9.17) is 9.72 Å². The molecule has 0 bridgehead atoms. The number of rotatable bonds is 4. The summed E-state index contributed by atoms with van der Waals surface area (Å²) in [5.41, 5.74) is 6.15. The topological polar surface area (TPSA) is 47.4 Å². The van der Waals surface area contributed by atoms with Crippen molar-refractivity contribution < 1.29 is 9.53 Å². The number of carbonyl (C=O) groups is 1. The molecule has 5 rings (SSSR count). The molecule has 1 aromatic heterocycles. The van der Waals surface area contributed by atoms with E-state index >= 15 is 0 Å². The van der Waals surface area contributed by atoms with Gasteiger partial charge in [-0.1, -0.05) is 55.7 Å². The van der Waals surface area contributed by atoms with Gasteiger partial charge in [0.05, 0.1) is 24.7 Å². The first kappa shape index (κ1) is 21.0. The van der Waals surface area contributed by atoms with E-state index < -0.39 is 0 Å². The fraction of sp³-hybridized carbons (Fsp3) is 0.481. The smallest absolute Gasteiger partial charge is 0.409 e. The average molecular weight is 432 g/mol. The van der Waals surface area contributed by atoms with Crippen molar-refractivity contribution in [2.24, 2.45) is 0 Å². The summed E-state index contributed by atoms with van der Waals surface area (Å²) in [5.74, 6) is 1.76. The van der Waals surface area contributed by atoms with E-state index in [1.807, 2.05) is 0 Å². The minimum Gasteiger partial charge on any atom is -0.453 e. The van der Waals surface area contributed by atoms with Gasteiger partial charge in [0.25, 0.3) is 0 Å². The summed E-state index contributed by atoms with van der Waals surface area (Å²) in [4.78, 5) is 19.3. The van der Waals surface area contributed by atoms with Gasteiger partial charge in [-0.2, -0.15) is 0 Å². The van der Waals surface area contributed by atoms with Gasteiger partial charge in [0, 0.05) is 24.1 Å². The van der Waals surface area contributed by atoms with Crippen LogP contribution >= 0.6 is 0 Å². The number of nitrogens with zero attached hydrogens (tertiary/aromatic N) is 3. The van der Waals surface area contributed by atoms with E-state index in [1.54, 1.807) is 4.90 Å². The highest BCUT2D eigenvalue weighted by molar-refractivity contribution is 5.82. The van der Waals surface area contributed by atoms with Crippen molar-refractivity contribution in [1.82, 2.24) is 14.5 Å². The maximum Gasteiger partial charge on any atom is 0.409 e. The summed E-state index contributed by atoms with van der Waals surface area (Å²) in [6.07, 6.45) is 7.93. The SMILES string of the molecule is COC(=O)N1CCc2ccc3c(nc(C4CCCCC4)n3C(C)Cc3ccccc3)c2C1. The number of aromatic nitrogens is 2. The monoisotopic (exact) mass is 431 g/mol. The Morgan fingerprint density at radius 1 is 1.12 bits per heavy atom. The van der Waals surface area contributed by atoms with Crippen LogP contribution in [0.25, 0.3) is 11.0 Å². The first-order valence-corrected chi connectivity index (χ1v) is 12.0. The van der Waals surface area contributed by atoms with E-state index in [0.29, 0.717) is 25.0 Å². The molecule has 32 heavy (non-hydrogen) atoms. The van der Waals surface area contributed by atoms with Gasteiger partial charge in [-0.25, -0.2) is 9.78 Å². The summed E-state index contributed by atoms with van der Waals surface area (Å²) >= 11 is 0. The second-order valence-electron chi connectivity index (χ2n) is 9.43. The number of hydrogen-bond donors (Lipinski definition) is 0. The van der Waals surface area contributed by atoms with E-state index in [0.717, 1.165) is 18.4 Å². The second kappa shape index (κ2) is 8.97. The molecule has 1 unspecified atom stereocenters. The zero-order valence-corrected chi connectivity index (χ0v) is 19.2. The third kappa shape index (κ3) is 3.89. The van der Waals surface area contributed by atoms with E-state index in [-0.39, 0.29) is 6.09 Å². The molecule has 2 aromatic carbocycles. The molecule has 1 aliphatic carbocycles. The maximum absolute atomic E-state index is 12.2. The predicted octanol–water partition coefficient (Wildman–Crippen LogP) is 6.01. The summed E-state index contributed by atoms with van der Waals surface area (Å²) in [6, 6.07) is 15.6. The number of carbonyl (C=O) groups excluding carboxylic acids is 1. The van der Waals surface area contributed by atoms with Crippen molar-refractivity contribution >= 4 is 17.1 Å². The molecule has 168 valence electrons. The van der Waals surface area contributed by atoms with Crippen LogP contribution in [0.4, 0.5) is 4.79 Å². The third-order valence-corrected chi connectivity index (χ3v) is 7.31. The summed E-state index contributed by atoms with van der Waals surface area (Å²) in [6.45, 7) is 3.60. The molecule has 0 N–H and O–H groups in total. The van der Waals surface area contributed by atoms with E-state index in [2.05, 4.69) is 54.0 Å². The highest BCUT2D eigenvalue weighted by Crippen LogP contribution is 2.38. The number of imidazole rings is 1. The quantitative estimate of drug-likeness (QED) is 0.508. The van der Waals surface area contributed by atoms with Crippen LogP contribution in [0.1, 0.15) is 73.5 Å². The highest BCUT2D eigenvalue weighted by atomic mass is 16.5. The lowest BCUT2D eigenvalue weighted by Crippen LogP contribution is -2.35. The van der Waals surface area contributed by atoms with Gasteiger partial charge in [0.15, 0.2) is 0 Å². The maximum atomic E-state index is 12.2. The molecule has 1 saturated carbocycles. The Labute approximate surface area is 190 Å². The molecular weight excluding hydrogens is 398 g/mol. The number of hydrogen-bond acceptors (Lipinski definition) is 3. The molecule has 3 aromatic rings. The van der Waals surface area contributed by atoms with Crippen LogP contribution in [-0.4, -0.2) is 34.2 Å². The van der Waals surface area contributed by atoms with Crippen LogP contribution < -0.4 is 0 Å². The summed E-state index contributed by atoms with van der Waals surface area (Å²) in [7, 11) is 1.46. The summed E-state index contributed by atoms with van der Waals surface area (Å²) in [5, 5.41) is 0. The van der Waals surface area contributed by atoms with Crippen molar-refractivity contribution in [1.29, 1.82) is 0 Å². The molecule has 2 aliphatic rings. The average Bonchev–Trinajstić information content (AvgIpc) is 3.25. The van der Waals surface area contributed by atoms with Gasteiger partial charge < -0.3 is 14.2 Å². The van der Waals surface area contributed by atoms with Crippen LogP contribution in [0.15, 0.2) is 42.5 Å². The molecule has 2 heterocycles. The summed E-state index contributed by atoms with van der Waals surface area (Å²) < 4.78 is 7.52. The number of amides is 1. The lowest BCUT2D eigenvalue weighted by molar-refractivity contribution is 0.119. The third-order valence-electron chi connectivity index (χ3n) is 7.31. The normalized spacial score (nSPS) is 17.9. The van der Waals surface area contributed by atoms with E-state index in [1.165, 1.54) is 67.2 Å². The van der Waals surface area contributed by atoms with Gasteiger partial charge in [-0.05, 0) is 49.8 Å². The van der Waals surface area contributed by atoms with Crippen LogP contribution in [0, 0.1) is 0 Å². The Morgan fingerprint density at radius 3 is 2.66 bits per heavy atom. The van der Waals surface area contributed by atoms with Crippen LogP contribution in [0.2, 0.25) is 0 Å². The second-order valence-corrected chi connectivity index (χ2v) is 9.43. The van der Waals surface area contributed by atoms with Gasteiger partial charge in [-0.15, -0.1) is 0 Å². The van der Waals surface area contributed by atoms with Crippen molar-refractivity contribution in [2.45, 2.75) is 70.4 Å². The number of fused-ring (bicyclic) bond motifs is 3. The first-order chi connectivity index (χ1) is 15.7. The standard InChI is InChI=1S/C27H33N3O2/c1-19(17-20-9-5-3-6-10-20)30-24-14-13-21-15-16-29(27(31)32-2)18-23(21)25(24)28-26(30)22-11-7-4-8-12-22/h3,5-6,9-10,13-14,19,22H,4,7-8,11-12,15-18H2,1-2H3. The Hall–Kier alpha value is -2.82. The molecule has 0 radical (unpaired) electrons. The lowest BCUT2D eigenvalue weighted by atomic mass is 9.88. The van der Waals surface area contributed by atoms with Crippen molar-refractivity contribution in [3.8, 4) is 0 Å². The van der Waals surface area contributed by atoms with E-state index in [9.17, 15) is 4.79 Å². The molecule has 1 amide bonds. The predicted molar refractivity (Wildman–Crippen MR) is 127 cm³/mol. The Balaban J connectivity index is 1.60. The first-order valence-electron chi connectivity index (χ1n) is 12.0. The van der Waals surface area contributed by atoms with Crippen molar-refractivity contribution in [2.75, 3.05) is 13.7 Å². The van der Waals surface area contributed by atoms with Crippen molar-refractivity contribution in [3.63, 3.8) is 0 Å². The molecule has 0 spiro atoms. The molecule has 1 fully saturated rings. The minimum atomic E-state index is -0.253. The van der Waals surface area contributed by atoms with Gasteiger partial charge >= 0.3 is 6.09 Å². The zero-order chi connectivity index (χ0) is 22.1. The number of benzene rings is 2. The largest absolute Gasteiger partial charge is 0.453 e. The van der Waals surface area contributed by atoms with Gasteiger partial charge in [0.2, 0.25) is 0 Å². The molecule has 5 heteroatoms.